The lowest BCUT2D eigenvalue weighted by atomic mass is 10.1. The molecule has 0 spiro atoms. The molecule has 8 heteroatoms. The van der Waals surface area contributed by atoms with Crippen LogP contribution < -0.4 is 5.32 Å². The average Bonchev–Trinajstić information content (AvgIpc) is 3.06. The van der Waals surface area contributed by atoms with Gasteiger partial charge in [0.2, 0.25) is 0 Å². The van der Waals surface area contributed by atoms with Crippen LogP contribution in [0.2, 0.25) is 5.02 Å². The molecule has 0 atom stereocenters. The number of carbonyl (C=O) groups excluding carboxylic acids is 1. The smallest absolute Gasteiger partial charge is 0.417 e. The van der Waals surface area contributed by atoms with E-state index in [2.05, 4.69) is 5.32 Å². The number of benzene rings is 2. The van der Waals surface area contributed by atoms with E-state index in [1.165, 1.54) is 12.1 Å². The quantitative estimate of drug-likeness (QED) is 0.338. The molecule has 0 aliphatic rings. The normalized spacial score (nSPS) is 12.4. The first-order valence-electron chi connectivity index (χ1n) is 9.74. The topological polar surface area (TPSA) is 51.5 Å². The molecule has 3 rings (SSSR count). The Balaban J connectivity index is 1.68. The van der Waals surface area contributed by atoms with E-state index in [1.807, 2.05) is 32.9 Å². The Bertz CT molecular complexity index is 1080. The van der Waals surface area contributed by atoms with E-state index < -0.39 is 17.3 Å². The summed E-state index contributed by atoms with van der Waals surface area (Å²) in [5.74, 6) is 0.0586. The van der Waals surface area contributed by atoms with Crippen LogP contribution in [0.1, 0.15) is 38.3 Å². The van der Waals surface area contributed by atoms with Gasteiger partial charge in [0.25, 0.3) is 0 Å². The molecule has 4 nitrogen and oxygen atoms in total. The number of carbonyl (C=O) groups is 1. The van der Waals surface area contributed by atoms with Crippen LogP contribution in [-0.4, -0.2) is 18.1 Å². The van der Waals surface area contributed by atoms with Crippen molar-refractivity contribution in [2.45, 2.75) is 45.5 Å². The van der Waals surface area contributed by atoms with Gasteiger partial charge in [-0.05, 0) is 62.7 Å². The molecule has 0 aliphatic heterocycles. The fourth-order valence-corrected chi connectivity index (χ4v) is 3.28. The third kappa shape index (κ3) is 6.24. The summed E-state index contributed by atoms with van der Waals surface area (Å²) in [7, 11) is 0. The van der Waals surface area contributed by atoms with E-state index in [9.17, 15) is 18.0 Å². The van der Waals surface area contributed by atoms with Crippen molar-refractivity contribution in [3.63, 3.8) is 0 Å². The first kappa shape index (κ1) is 23.2. The van der Waals surface area contributed by atoms with Crippen molar-refractivity contribution in [3.8, 4) is 11.3 Å². The predicted octanol–water partition coefficient (Wildman–Crippen LogP) is 6.59. The second-order valence-corrected chi connectivity index (χ2v) is 8.60. The maximum absolute atomic E-state index is 13.1. The molecule has 0 bridgehead atoms. The number of fused-ring (bicyclic) bond motifs is 1. The first-order chi connectivity index (χ1) is 14.4. The molecular weight excluding hydrogens is 431 g/mol. The maximum Gasteiger partial charge on any atom is 0.417 e. The highest BCUT2D eigenvalue weighted by atomic mass is 35.5. The molecule has 2 aromatic carbocycles. The molecular formula is C23H23ClF3NO3. The van der Waals surface area contributed by atoms with E-state index >= 15 is 0 Å². The molecule has 166 valence electrons. The van der Waals surface area contributed by atoms with Gasteiger partial charge in [0.1, 0.15) is 16.9 Å². The number of furan rings is 1. The van der Waals surface area contributed by atoms with Crippen LogP contribution >= 0.6 is 11.6 Å². The fraction of sp³-hybridized carbons (Fsp3) is 0.348. The van der Waals surface area contributed by atoms with Crippen molar-refractivity contribution < 1.29 is 27.1 Å². The van der Waals surface area contributed by atoms with Crippen molar-refractivity contribution in [2.24, 2.45) is 0 Å². The summed E-state index contributed by atoms with van der Waals surface area (Å²) in [5.41, 5.74) is 0.408. The van der Waals surface area contributed by atoms with Crippen molar-refractivity contribution in [2.75, 3.05) is 6.54 Å². The minimum Gasteiger partial charge on any atom is -0.460 e. The van der Waals surface area contributed by atoms with E-state index in [0.717, 1.165) is 17.0 Å². The second kappa shape index (κ2) is 8.93. The Morgan fingerprint density at radius 3 is 2.52 bits per heavy atom. The van der Waals surface area contributed by atoms with Crippen LogP contribution in [0.25, 0.3) is 22.3 Å². The molecule has 3 aromatic rings. The van der Waals surface area contributed by atoms with Gasteiger partial charge < -0.3 is 14.5 Å². The standard InChI is InChI=1S/C23H23ClF3NO3/c1-22(2,3)31-21(29)8-9-28-13-14-4-7-19-16(10-14)12-20(30-19)15-5-6-18(24)17(11-15)23(25,26)27/h4-7,10-12,28H,8-9,13H2,1-3H3. The lowest BCUT2D eigenvalue weighted by Crippen LogP contribution is -2.26. The summed E-state index contributed by atoms with van der Waals surface area (Å²) in [6.45, 7) is 6.45. The minimum atomic E-state index is -4.54. The maximum atomic E-state index is 13.1. The molecule has 0 fully saturated rings. The van der Waals surface area contributed by atoms with E-state index in [-0.39, 0.29) is 17.4 Å². The number of hydrogen-bond acceptors (Lipinski definition) is 4. The zero-order valence-corrected chi connectivity index (χ0v) is 18.2. The average molecular weight is 454 g/mol. The molecule has 0 amide bonds. The lowest BCUT2D eigenvalue weighted by molar-refractivity contribution is -0.154. The van der Waals surface area contributed by atoms with Gasteiger partial charge in [0.05, 0.1) is 17.0 Å². The van der Waals surface area contributed by atoms with Gasteiger partial charge in [-0.25, -0.2) is 0 Å². The number of esters is 1. The Labute approximate surface area is 183 Å². The molecule has 0 unspecified atom stereocenters. The molecule has 1 N–H and O–H groups in total. The highest BCUT2D eigenvalue weighted by molar-refractivity contribution is 6.31. The van der Waals surface area contributed by atoms with Gasteiger partial charge in [0.15, 0.2) is 0 Å². The van der Waals surface area contributed by atoms with Crippen LogP contribution in [-0.2, 0) is 22.3 Å². The lowest BCUT2D eigenvalue weighted by Gasteiger charge is -2.19. The number of nitrogens with one attached hydrogen (secondary N) is 1. The predicted molar refractivity (Wildman–Crippen MR) is 114 cm³/mol. The summed E-state index contributed by atoms with van der Waals surface area (Å²) in [6, 6.07) is 10.9. The molecule has 0 aliphatic carbocycles. The number of halogens is 4. The Kier molecular flexibility index (Phi) is 6.67. The van der Waals surface area contributed by atoms with Crippen molar-refractivity contribution in [1.29, 1.82) is 0 Å². The third-order valence-electron chi connectivity index (χ3n) is 4.39. The number of rotatable bonds is 6. The Morgan fingerprint density at radius 1 is 1.10 bits per heavy atom. The van der Waals surface area contributed by atoms with Gasteiger partial charge >= 0.3 is 12.1 Å². The van der Waals surface area contributed by atoms with Crippen LogP contribution in [0.3, 0.4) is 0 Å². The van der Waals surface area contributed by atoms with Gasteiger partial charge in [-0.2, -0.15) is 13.2 Å². The van der Waals surface area contributed by atoms with Gasteiger partial charge in [-0.3, -0.25) is 4.79 Å². The molecule has 1 heterocycles. The number of ether oxygens (including phenoxy) is 1. The Morgan fingerprint density at radius 2 is 1.84 bits per heavy atom. The number of hydrogen-bond donors (Lipinski definition) is 1. The van der Waals surface area contributed by atoms with E-state index in [0.29, 0.717) is 30.0 Å². The molecule has 0 saturated carbocycles. The molecule has 0 radical (unpaired) electrons. The zero-order chi connectivity index (χ0) is 22.8. The Hall–Kier alpha value is -2.51. The SMILES string of the molecule is CC(C)(C)OC(=O)CCNCc1ccc2oc(-c3ccc(Cl)c(C(F)(F)F)c3)cc2c1. The summed E-state index contributed by atoms with van der Waals surface area (Å²) in [4.78, 5) is 11.7. The summed E-state index contributed by atoms with van der Waals surface area (Å²) < 4.78 is 50.4. The zero-order valence-electron chi connectivity index (χ0n) is 17.4. The van der Waals surface area contributed by atoms with Crippen molar-refractivity contribution >= 4 is 28.5 Å². The monoisotopic (exact) mass is 453 g/mol. The first-order valence-corrected chi connectivity index (χ1v) is 10.1. The van der Waals surface area contributed by atoms with E-state index in [1.54, 1.807) is 12.1 Å². The third-order valence-corrected chi connectivity index (χ3v) is 4.72. The highest BCUT2D eigenvalue weighted by Gasteiger charge is 2.33. The van der Waals surface area contributed by atoms with E-state index in [4.69, 9.17) is 20.8 Å². The fourth-order valence-electron chi connectivity index (χ4n) is 3.06. The van der Waals surface area contributed by atoms with Gasteiger partial charge in [-0.1, -0.05) is 17.7 Å². The summed E-state index contributed by atoms with van der Waals surface area (Å²) in [5, 5.41) is 3.59. The van der Waals surface area contributed by atoms with Gasteiger partial charge in [0, 0.05) is 24.0 Å². The van der Waals surface area contributed by atoms with Crippen LogP contribution in [0.5, 0.6) is 0 Å². The van der Waals surface area contributed by atoms with Gasteiger partial charge in [-0.15, -0.1) is 0 Å². The van der Waals surface area contributed by atoms with Crippen LogP contribution in [0, 0.1) is 0 Å². The van der Waals surface area contributed by atoms with Crippen molar-refractivity contribution in [3.05, 3.63) is 58.6 Å². The second-order valence-electron chi connectivity index (χ2n) is 8.19. The number of alkyl halides is 3. The minimum absolute atomic E-state index is 0.257. The molecule has 31 heavy (non-hydrogen) atoms. The van der Waals surface area contributed by atoms with Crippen molar-refractivity contribution in [1.82, 2.24) is 5.32 Å². The summed E-state index contributed by atoms with van der Waals surface area (Å²) in [6.07, 6.45) is -4.29. The summed E-state index contributed by atoms with van der Waals surface area (Å²) >= 11 is 5.69. The molecule has 0 saturated heterocycles. The van der Waals surface area contributed by atoms with Crippen LogP contribution in [0.15, 0.2) is 46.9 Å². The largest absolute Gasteiger partial charge is 0.460 e. The molecule has 1 aromatic heterocycles. The van der Waals surface area contributed by atoms with Crippen LogP contribution in [0.4, 0.5) is 13.2 Å². The highest BCUT2D eigenvalue weighted by Crippen LogP contribution is 2.38.